The Hall–Kier alpha value is -0.930. The molecule has 1 aromatic rings. The summed E-state index contributed by atoms with van der Waals surface area (Å²) in [6.07, 6.45) is 15.7. The molecule has 1 aromatic heterocycles. The van der Waals surface area contributed by atoms with Gasteiger partial charge in [0.25, 0.3) is 0 Å². The predicted octanol–water partition coefficient (Wildman–Crippen LogP) is 4.53. The van der Waals surface area contributed by atoms with Crippen LogP contribution in [0.2, 0.25) is 0 Å². The summed E-state index contributed by atoms with van der Waals surface area (Å²) in [5.74, 6) is 0. The first-order chi connectivity index (χ1) is 10.9. The Kier molecular flexibility index (Phi) is 11.9. The fourth-order valence-corrected chi connectivity index (χ4v) is 2.68. The van der Waals surface area contributed by atoms with Gasteiger partial charge in [0, 0.05) is 25.6 Å². The molecule has 0 fully saturated rings. The number of hydrogen-bond acceptors (Lipinski definition) is 3. The highest BCUT2D eigenvalue weighted by Crippen LogP contribution is 2.15. The fourth-order valence-electron chi connectivity index (χ4n) is 2.68. The van der Waals surface area contributed by atoms with Crippen molar-refractivity contribution in [3.8, 4) is 0 Å². The van der Waals surface area contributed by atoms with E-state index in [0.717, 1.165) is 38.7 Å². The number of nitrogens with zero attached hydrogens (tertiary/aromatic N) is 1. The Morgan fingerprint density at radius 1 is 1.09 bits per heavy atom. The number of pyridine rings is 1. The highest BCUT2D eigenvalue weighted by molar-refractivity contribution is 5.08. The molecule has 1 unspecified atom stereocenters. The van der Waals surface area contributed by atoms with Crippen molar-refractivity contribution in [1.29, 1.82) is 0 Å². The zero-order valence-electron chi connectivity index (χ0n) is 14.2. The minimum atomic E-state index is 0.314. The number of unbranched alkanes of at least 4 members (excludes halogenated alkanes) is 4. The third-order valence-electron chi connectivity index (χ3n) is 3.96. The first kappa shape index (κ1) is 19.1. The summed E-state index contributed by atoms with van der Waals surface area (Å²) in [5, 5.41) is 8.83. The number of aliphatic hydroxyl groups excluding tert-OH is 1. The molecular weight excluding hydrogens is 274 g/mol. The van der Waals surface area contributed by atoms with E-state index in [9.17, 15) is 0 Å². The monoisotopic (exact) mass is 307 g/mol. The molecule has 0 amide bonds. The van der Waals surface area contributed by atoms with Crippen LogP contribution in [0.3, 0.4) is 0 Å². The average molecular weight is 307 g/mol. The van der Waals surface area contributed by atoms with Crippen molar-refractivity contribution in [2.45, 2.75) is 77.2 Å². The van der Waals surface area contributed by atoms with Crippen LogP contribution >= 0.6 is 0 Å². The molecule has 0 aliphatic carbocycles. The summed E-state index contributed by atoms with van der Waals surface area (Å²) in [6.45, 7) is 3.35. The minimum absolute atomic E-state index is 0.314. The third kappa shape index (κ3) is 9.91. The van der Waals surface area contributed by atoms with E-state index in [0.29, 0.717) is 12.7 Å². The summed E-state index contributed by atoms with van der Waals surface area (Å²) in [4.78, 5) is 4.16. The van der Waals surface area contributed by atoms with Crippen molar-refractivity contribution in [1.82, 2.24) is 4.98 Å². The Labute approximate surface area is 136 Å². The molecule has 22 heavy (non-hydrogen) atoms. The molecule has 0 saturated heterocycles. The molecule has 1 atom stereocenters. The Balaban J connectivity index is 2.10. The smallest absolute Gasteiger partial charge is 0.0575 e. The van der Waals surface area contributed by atoms with Crippen LogP contribution in [-0.4, -0.2) is 29.4 Å². The molecule has 0 radical (unpaired) electrons. The van der Waals surface area contributed by atoms with E-state index >= 15 is 0 Å². The molecule has 3 heteroatoms. The van der Waals surface area contributed by atoms with Gasteiger partial charge in [-0.25, -0.2) is 0 Å². The van der Waals surface area contributed by atoms with Gasteiger partial charge in [0.05, 0.1) is 6.10 Å². The molecule has 1 N–H and O–H groups in total. The first-order valence-electron chi connectivity index (χ1n) is 8.98. The maximum Gasteiger partial charge on any atom is 0.0575 e. The van der Waals surface area contributed by atoms with Gasteiger partial charge in [-0.1, -0.05) is 38.7 Å². The molecule has 0 aliphatic heterocycles. The van der Waals surface area contributed by atoms with Gasteiger partial charge in [-0.15, -0.1) is 0 Å². The molecular formula is C19H33NO2. The van der Waals surface area contributed by atoms with Gasteiger partial charge in [-0.05, 0) is 50.2 Å². The number of ether oxygens (including phenoxy) is 1. The van der Waals surface area contributed by atoms with E-state index in [-0.39, 0.29) is 0 Å². The van der Waals surface area contributed by atoms with Gasteiger partial charge >= 0.3 is 0 Å². The molecule has 126 valence electrons. The third-order valence-corrected chi connectivity index (χ3v) is 3.96. The van der Waals surface area contributed by atoms with Gasteiger partial charge in [0.1, 0.15) is 0 Å². The molecule has 0 saturated carbocycles. The topological polar surface area (TPSA) is 42.4 Å². The molecule has 3 nitrogen and oxygen atoms in total. The molecule has 0 spiro atoms. The molecule has 1 rings (SSSR count). The Morgan fingerprint density at radius 2 is 1.86 bits per heavy atom. The second-order valence-corrected chi connectivity index (χ2v) is 6.03. The predicted molar refractivity (Wildman–Crippen MR) is 92.0 cm³/mol. The van der Waals surface area contributed by atoms with E-state index in [2.05, 4.69) is 18.0 Å². The average Bonchev–Trinajstić information content (AvgIpc) is 2.56. The number of aryl methyl sites for hydroxylation is 1. The quantitative estimate of drug-likeness (QED) is 0.513. The standard InChI is InChI=1S/C19H33NO2/c1-2-16-22-19(13-7-4-8-15-21)12-6-3-5-10-18-11-9-14-20-17-18/h9,11,14,17,19,21H,2-8,10,12-13,15-16H2,1H3. The lowest BCUT2D eigenvalue weighted by Gasteiger charge is -2.17. The fraction of sp³-hybridized carbons (Fsp3) is 0.737. The Bertz CT molecular complexity index is 343. The lowest BCUT2D eigenvalue weighted by Crippen LogP contribution is -2.13. The van der Waals surface area contributed by atoms with Crippen molar-refractivity contribution in [3.05, 3.63) is 30.1 Å². The summed E-state index contributed by atoms with van der Waals surface area (Å²) in [5.41, 5.74) is 1.34. The van der Waals surface area contributed by atoms with Crippen LogP contribution < -0.4 is 0 Å². The van der Waals surface area contributed by atoms with Crippen LogP contribution in [0.1, 0.15) is 70.3 Å². The second kappa shape index (κ2) is 13.7. The molecule has 1 heterocycles. The van der Waals surface area contributed by atoms with Crippen molar-refractivity contribution in [3.63, 3.8) is 0 Å². The van der Waals surface area contributed by atoms with Crippen molar-refractivity contribution >= 4 is 0 Å². The lowest BCUT2D eigenvalue weighted by molar-refractivity contribution is 0.0383. The van der Waals surface area contributed by atoms with Gasteiger partial charge < -0.3 is 9.84 Å². The van der Waals surface area contributed by atoms with Gasteiger partial charge in [0.2, 0.25) is 0 Å². The van der Waals surface area contributed by atoms with Crippen molar-refractivity contribution in [2.24, 2.45) is 0 Å². The molecule has 0 bridgehead atoms. The lowest BCUT2D eigenvalue weighted by atomic mass is 10.0. The number of aliphatic hydroxyl groups is 1. The van der Waals surface area contributed by atoms with Crippen LogP contribution in [0.4, 0.5) is 0 Å². The van der Waals surface area contributed by atoms with E-state index in [1.807, 2.05) is 18.5 Å². The summed E-state index contributed by atoms with van der Waals surface area (Å²) in [6, 6.07) is 4.16. The molecule has 0 aliphatic rings. The van der Waals surface area contributed by atoms with Gasteiger partial charge in [0.15, 0.2) is 0 Å². The second-order valence-electron chi connectivity index (χ2n) is 6.03. The number of rotatable bonds is 14. The number of aromatic nitrogens is 1. The van der Waals surface area contributed by atoms with E-state index in [1.165, 1.54) is 37.7 Å². The maximum atomic E-state index is 8.83. The normalized spacial score (nSPS) is 12.5. The SMILES string of the molecule is CCCOC(CCCCCO)CCCCCc1cccnc1. The minimum Gasteiger partial charge on any atom is -0.396 e. The van der Waals surface area contributed by atoms with Crippen LogP contribution in [-0.2, 0) is 11.2 Å². The first-order valence-corrected chi connectivity index (χ1v) is 8.98. The van der Waals surface area contributed by atoms with Gasteiger partial charge in [-0.3, -0.25) is 4.98 Å². The van der Waals surface area contributed by atoms with Gasteiger partial charge in [-0.2, -0.15) is 0 Å². The highest BCUT2D eigenvalue weighted by Gasteiger charge is 2.08. The zero-order chi connectivity index (χ0) is 15.9. The maximum absolute atomic E-state index is 8.83. The van der Waals surface area contributed by atoms with E-state index in [4.69, 9.17) is 9.84 Å². The highest BCUT2D eigenvalue weighted by atomic mass is 16.5. The van der Waals surface area contributed by atoms with E-state index < -0.39 is 0 Å². The summed E-state index contributed by atoms with van der Waals surface area (Å²) < 4.78 is 5.96. The summed E-state index contributed by atoms with van der Waals surface area (Å²) >= 11 is 0. The largest absolute Gasteiger partial charge is 0.396 e. The number of hydrogen-bond donors (Lipinski definition) is 1. The van der Waals surface area contributed by atoms with Crippen molar-refractivity contribution < 1.29 is 9.84 Å². The zero-order valence-corrected chi connectivity index (χ0v) is 14.2. The molecule has 0 aromatic carbocycles. The summed E-state index contributed by atoms with van der Waals surface area (Å²) in [7, 11) is 0. The van der Waals surface area contributed by atoms with Crippen LogP contribution in [0.15, 0.2) is 24.5 Å². The van der Waals surface area contributed by atoms with Crippen LogP contribution in [0.5, 0.6) is 0 Å². The van der Waals surface area contributed by atoms with Crippen LogP contribution in [0, 0.1) is 0 Å². The van der Waals surface area contributed by atoms with Crippen molar-refractivity contribution in [2.75, 3.05) is 13.2 Å². The van der Waals surface area contributed by atoms with Crippen LogP contribution in [0.25, 0.3) is 0 Å². The Morgan fingerprint density at radius 3 is 2.50 bits per heavy atom. The van der Waals surface area contributed by atoms with E-state index in [1.54, 1.807) is 0 Å².